The molecule has 0 aromatic heterocycles. The van der Waals surface area contributed by atoms with Crippen LogP contribution in [0.15, 0.2) is 0 Å². The first-order valence-electron chi connectivity index (χ1n) is 0.418. The largest absolute Gasteiger partial charge is 0.249 e. The number of hydrogen-bond donors (Lipinski definition) is 1. The molecular weight excluding hydrogens is 114 g/mol. The molecule has 0 fully saturated rings. The molecule has 4 heavy (non-hydrogen) atoms. The molecule has 25 valence electrons. The predicted molar refractivity (Wildman–Crippen MR) is 13.4 cm³/mol. The molecule has 0 aliphatic carbocycles. The molecule has 0 saturated carbocycles. The minimum Gasteiger partial charge on any atom is -0.249 e. The topological polar surface area (TPSA) is 29.5 Å². The molecule has 0 aromatic rings. The van der Waals surface area contributed by atoms with Crippen molar-refractivity contribution in [3.63, 3.8) is 0 Å². The summed E-state index contributed by atoms with van der Waals surface area (Å²) in [4.78, 5) is 0. The Kier molecular flexibility index (Phi) is 20.1. The van der Waals surface area contributed by atoms with Gasteiger partial charge in [-0.3, -0.25) is 0 Å². The van der Waals surface area contributed by atoms with Crippen LogP contribution in [0.2, 0.25) is 0 Å². The van der Waals surface area contributed by atoms with Gasteiger partial charge in [0.05, 0.1) is 0 Å². The van der Waals surface area contributed by atoms with Crippen molar-refractivity contribution in [1.29, 1.82) is 0 Å². The number of rotatable bonds is 0. The van der Waals surface area contributed by atoms with Gasteiger partial charge >= 0.3 is 0 Å². The van der Waals surface area contributed by atoms with Crippen molar-refractivity contribution in [2.24, 2.45) is 0 Å². The molecule has 0 aliphatic rings. The molecule has 1 unspecified atom stereocenters. The van der Waals surface area contributed by atoms with Gasteiger partial charge in [-0.1, -0.05) is 0 Å². The average Bonchev–Trinajstić information content (AvgIpc) is 0.918. The standard InChI is InChI=1S/H3O2P.V/c1-2-3;/h1H,3H2;. The van der Waals surface area contributed by atoms with E-state index in [0.717, 1.165) is 0 Å². The predicted octanol–water partition coefficient (Wildman–Crippen LogP) is 0.264. The summed E-state index contributed by atoms with van der Waals surface area (Å²) in [7, 11) is 1.63. The third kappa shape index (κ3) is 12.6. The van der Waals surface area contributed by atoms with E-state index in [1.165, 1.54) is 0 Å². The van der Waals surface area contributed by atoms with Crippen LogP contribution in [-0.2, 0) is 23.2 Å². The summed E-state index contributed by atoms with van der Waals surface area (Å²) < 4.78 is 3.17. The maximum absolute atomic E-state index is 7.03. The molecule has 0 aliphatic heterocycles. The molecule has 0 saturated heterocycles. The first kappa shape index (κ1) is 8.87. The van der Waals surface area contributed by atoms with E-state index in [9.17, 15) is 0 Å². The Hall–Kier alpha value is 0.934. The van der Waals surface area contributed by atoms with E-state index in [2.05, 4.69) is 4.67 Å². The molecule has 0 amide bonds. The fourth-order valence-corrected chi connectivity index (χ4v) is 0. The molecule has 0 aromatic carbocycles. The van der Waals surface area contributed by atoms with Gasteiger partial charge in [-0.2, -0.15) is 0 Å². The van der Waals surface area contributed by atoms with Crippen LogP contribution in [0.1, 0.15) is 0 Å². The summed E-state index contributed by atoms with van der Waals surface area (Å²) in [6.07, 6.45) is 0. The zero-order valence-electron chi connectivity index (χ0n) is 1.88. The van der Waals surface area contributed by atoms with Crippen LogP contribution >= 0.6 is 9.47 Å². The van der Waals surface area contributed by atoms with Gasteiger partial charge in [0, 0.05) is 28.0 Å². The van der Waals surface area contributed by atoms with E-state index in [0.29, 0.717) is 0 Å². The normalized spacial score (nSPS) is 4.50. The van der Waals surface area contributed by atoms with Crippen molar-refractivity contribution in [3.8, 4) is 0 Å². The zero-order chi connectivity index (χ0) is 2.71. The van der Waals surface area contributed by atoms with Gasteiger partial charge in [-0.25, -0.2) is 9.93 Å². The Morgan fingerprint density at radius 3 is 1.75 bits per heavy atom. The minimum atomic E-state index is 0. The molecule has 0 heterocycles. The molecule has 2 nitrogen and oxygen atoms in total. The van der Waals surface area contributed by atoms with E-state index in [1.807, 2.05) is 0 Å². The van der Waals surface area contributed by atoms with E-state index in [4.69, 9.17) is 5.26 Å². The molecule has 1 N–H and O–H groups in total. The summed E-state index contributed by atoms with van der Waals surface area (Å²) in [6.45, 7) is 0. The third-order valence-corrected chi connectivity index (χ3v) is 0. The minimum absolute atomic E-state index is 0. The fourth-order valence-electron chi connectivity index (χ4n) is 0. The molecule has 1 radical (unpaired) electrons. The van der Waals surface area contributed by atoms with E-state index >= 15 is 0 Å². The van der Waals surface area contributed by atoms with Crippen LogP contribution < -0.4 is 0 Å². The van der Waals surface area contributed by atoms with Crippen LogP contribution in [0.3, 0.4) is 0 Å². The Morgan fingerprint density at radius 2 is 1.75 bits per heavy atom. The van der Waals surface area contributed by atoms with Gasteiger partial charge in [0.15, 0.2) is 0 Å². The van der Waals surface area contributed by atoms with Crippen molar-refractivity contribution >= 4 is 9.47 Å². The Bertz CT molecular complexity index is 6.00. The van der Waals surface area contributed by atoms with Crippen LogP contribution in [0.5, 0.6) is 0 Å². The monoisotopic (exact) mass is 117 g/mol. The smallest absolute Gasteiger partial charge is 0.0418 e. The second kappa shape index (κ2) is 9.05. The first-order valence-corrected chi connectivity index (χ1v) is 0.890. The Morgan fingerprint density at radius 1 is 1.75 bits per heavy atom. The summed E-state index contributed by atoms with van der Waals surface area (Å²) in [5.41, 5.74) is 0. The van der Waals surface area contributed by atoms with Gasteiger partial charge in [-0.15, -0.1) is 0 Å². The fraction of sp³-hybridized carbons (Fsp3) is 0. The SMILES string of the molecule is OOP.[V]. The van der Waals surface area contributed by atoms with Crippen LogP contribution in [0, 0.1) is 0 Å². The van der Waals surface area contributed by atoms with Gasteiger partial charge in [0.1, 0.15) is 0 Å². The second-order valence-electron chi connectivity index (χ2n) is 0.105. The van der Waals surface area contributed by atoms with Crippen molar-refractivity contribution in [2.75, 3.05) is 0 Å². The summed E-state index contributed by atoms with van der Waals surface area (Å²) in [5, 5.41) is 7.03. The zero-order valence-corrected chi connectivity index (χ0v) is 4.43. The van der Waals surface area contributed by atoms with Gasteiger partial charge in [0.2, 0.25) is 0 Å². The van der Waals surface area contributed by atoms with Gasteiger partial charge in [0.25, 0.3) is 0 Å². The van der Waals surface area contributed by atoms with E-state index < -0.39 is 0 Å². The van der Waals surface area contributed by atoms with E-state index in [-0.39, 0.29) is 18.6 Å². The van der Waals surface area contributed by atoms with Crippen molar-refractivity contribution in [1.82, 2.24) is 0 Å². The van der Waals surface area contributed by atoms with Crippen LogP contribution in [-0.4, -0.2) is 5.26 Å². The molecule has 0 spiro atoms. The van der Waals surface area contributed by atoms with Gasteiger partial charge in [-0.05, 0) is 0 Å². The maximum Gasteiger partial charge on any atom is 0.0418 e. The molecule has 0 rings (SSSR count). The van der Waals surface area contributed by atoms with Crippen LogP contribution in [0.25, 0.3) is 0 Å². The quantitative estimate of drug-likeness (QED) is 0.280. The molecule has 4 heteroatoms. The average molecular weight is 117 g/mol. The molecule has 0 bridgehead atoms. The summed E-state index contributed by atoms with van der Waals surface area (Å²) >= 11 is 0. The molecular formula is H3O2PV. The first-order chi connectivity index (χ1) is 1.41. The Balaban J connectivity index is 0. The third-order valence-electron chi connectivity index (χ3n) is 0. The summed E-state index contributed by atoms with van der Waals surface area (Å²) in [6, 6.07) is 0. The Labute approximate surface area is 38.6 Å². The van der Waals surface area contributed by atoms with Crippen LogP contribution in [0.4, 0.5) is 0 Å². The van der Waals surface area contributed by atoms with Crippen molar-refractivity contribution in [3.05, 3.63) is 0 Å². The van der Waals surface area contributed by atoms with Crippen molar-refractivity contribution in [2.45, 2.75) is 0 Å². The van der Waals surface area contributed by atoms with E-state index in [1.54, 1.807) is 9.47 Å². The second-order valence-corrected chi connectivity index (χ2v) is 0.316. The maximum atomic E-state index is 7.03. The number of hydrogen-bond acceptors (Lipinski definition) is 2. The summed E-state index contributed by atoms with van der Waals surface area (Å²) in [5.74, 6) is 0. The van der Waals surface area contributed by atoms with Gasteiger partial charge < -0.3 is 0 Å². The van der Waals surface area contributed by atoms with Crippen molar-refractivity contribution < 1.29 is 28.5 Å². The molecule has 1 atom stereocenters.